The maximum absolute atomic E-state index is 6.09. The summed E-state index contributed by atoms with van der Waals surface area (Å²) < 4.78 is 5.49. The summed E-state index contributed by atoms with van der Waals surface area (Å²) in [6.07, 6.45) is 2.65. The summed E-state index contributed by atoms with van der Waals surface area (Å²) in [5.41, 5.74) is 6.09. The Morgan fingerprint density at radius 1 is 1.50 bits per heavy atom. The van der Waals surface area contributed by atoms with Crippen molar-refractivity contribution in [1.82, 2.24) is 0 Å². The van der Waals surface area contributed by atoms with Crippen LogP contribution in [0.3, 0.4) is 0 Å². The van der Waals surface area contributed by atoms with Gasteiger partial charge < -0.3 is 10.5 Å². The molecule has 2 heteroatoms. The van der Waals surface area contributed by atoms with E-state index in [0.29, 0.717) is 24.0 Å². The van der Waals surface area contributed by atoms with Crippen LogP contribution in [0.25, 0.3) is 0 Å². The summed E-state index contributed by atoms with van der Waals surface area (Å²) in [4.78, 5) is 0. The van der Waals surface area contributed by atoms with Crippen molar-refractivity contribution in [3.63, 3.8) is 0 Å². The predicted molar refractivity (Wildman–Crippen MR) is 51.0 cm³/mol. The van der Waals surface area contributed by atoms with Crippen molar-refractivity contribution in [3.8, 4) is 0 Å². The largest absolute Gasteiger partial charge is 0.378 e. The highest BCUT2D eigenvalue weighted by molar-refractivity contribution is 4.82. The van der Waals surface area contributed by atoms with Crippen LogP contribution in [-0.4, -0.2) is 18.8 Å². The molecule has 12 heavy (non-hydrogen) atoms. The zero-order chi connectivity index (χ0) is 9.14. The molecule has 0 aromatic heterocycles. The third kappa shape index (κ3) is 2.46. The minimum absolute atomic E-state index is 0.336. The Morgan fingerprint density at radius 3 is 2.58 bits per heavy atom. The van der Waals surface area contributed by atoms with E-state index in [0.717, 1.165) is 19.4 Å². The minimum atomic E-state index is 0.336. The van der Waals surface area contributed by atoms with Gasteiger partial charge >= 0.3 is 0 Å². The number of hydrogen-bond donors (Lipinski definition) is 1. The fourth-order valence-electron chi connectivity index (χ4n) is 2.03. The molecule has 0 amide bonds. The van der Waals surface area contributed by atoms with Gasteiger partial charge in [0.05, 0.1) is 6.10 Å². The summed E-state index contributed by atoms with van der Waals surface area (Å²) in [5, 5.41) is 0. The Hall–Kier alpha value is -0.0800. The van der Waals surface area contributed by atoms with Gasteiger partial charge in [-0.1, -0.05) is 13.8 Å². The third-order valence-electron chi connectivity index (χ3n) is 2.73. The van der Waals surface area contributed by atoms with Crippen LogP contribution >= 0.6 is 0 Å². The fraction of sp³-hybridized carbons (Fsp3) is 1.00. The Labute approximate surface area is 75.5 Å². The first kappa shape index (κ1) is 10.0. The summed E-state index contributed by atoms with van der Waals surface area (Å²) in [7, 11) is 0. The number of ether oxygens (including phenoxy) is 1. The summed E-state index contributed by atoms with van der Waals surface area (Å²) in [5.74, 6) is 1.29. The second-order valence-electron chi connectivity index (χ2n) is 4.32. The molecular weight excluding hydrogens is 150 g/mol. The van der Waals surface area contributed by atoms with Crippen LogP contribution in [0, 0.1) is 11.8 Å². The van der Waals surface area contributed by atoms with Crippen LogP contribution < -0.4 is 5.73 Å². The Kier molecular flexibility index (Phi) is 3.53. The molecule has 0 spiro atoms. The highest BCUT2D eigenvalue weighted by atomic mass is 16.5. The lowest BCUT2D eigenvalue weighted by Crippen LogP contribution is -2.35. The zero-order valence-electron chi connectivity index (χ0n) is 8.42. The monoisotopic (exact) mass is 171 g/mol. The second kappa shape index (κ2) is 4.24. The first-order valence-electron chi connectivity index (χ1n) is 4.98. The summed E-state index contributed by atoms with van der Waals surface area (Å²) in [6, 6.07) is 0.336. The number of hydrogen-bond acceptors (Lipinski definition) is 2. The van der Waals surface area contributed by atoms with Gasteiger partial charge in [-0.15, -0.1) is 0 Å². The van der Waals surface area contributed by atoms with Gasteiger partial charge in [0, 0.05) is 18.6 Å². The van der Waals surface area contributed by atoms with E-state index < -0.39 is 0 Å². The standard InChI is InChI=1S/C10H21NO/c1-7(2)6-10(11)9-4-5-12-8(9)3/h7-10H,4-6,11H2,1-3H3. The molecule has 3 unspecified atom stereocenters. The van der Waals surface area contributed by atoms with Crippen molar-refractivity contribution in [1.29, 1.82) is 0 Å². The zero-order valence-corrected chi connectivity index (χ0v) is 8.42. The smallest absolute Gasteiger partial charge is 0.0590 e. The molecule has 1 aliphatic heterocycles. The Bertz CT molecular complexity index is 136. The van der Waals surface area contributed by atoms with Crippen LogP contribution in [0.5, 0.6) is 0 Å². The lowest BCUT2D eigenvalue weighted by Gasteiger charge is -2.23. The number of nitrogens with two attached hydrogens (primary N) is 1. The van der Waals surface area contributed by atoms with Gasteiger partial charge in [0.2, 0.25) is 0 Å². The highest BCUT2D eigenvalue weighted by Crippen LogP contribution is 2.25. The van der Waals surface area contributed by atoms with Crippen molar-refractivity contribution in [2.45, 2.75) is 45.8 Å². The molecule has 1 fully saturated rings. The molecule has 1 aliphatic rings. The van der Waals surface area contributed by atoms with Gasteiger partial charge in [0.25, 0.3) is 0 Å². The quantitative estimate of drug-likeness (QED) is 0.702. The maximum Gasteiger partial charge on any atom is 0.0590 e. The van der Waals surface area contributed by atoms with Crippen molar-refractivity contribution < 1.29 is 4.74 Å². The van der Waals surface area contributed by atoms with Crippen molar-refractivity contribution >= 4 is 0 Å². The molecule has 2 nitrogen and oxygen atoms in total. The molecular formula is C10H21NO. The summed E-state index contributed by atoms with van der Waals surface area (Å²) in [6.45, 7) is 7.48. The lowest BCUT2D eigenvalue weighted by molar-refractivity contribution is 0.0974. The molecule has 0 aromatic rings. The molecule has 1 rings (SSSR count). The van der Waals surface area contributed by atoms with Gasteiger partial charge in [-0.25, -0.2) is 0 Å². The van der Waals surface area contributed by atoms with Crippen LogP contribution in [0.15, 0.2) is 0 Å². The lowest BCUT2D eigenvalue weighted by atomic mass is 9.88. The Morgan fingerprint density at radius 2 is 2.17 bits per heavy atom. The first-order chi connectivity index (χ1) is 5.61. The van der Waals surface area contributed by atoms with Gasteiger partial charge in [-0.05, 0) is 25.7 Å². The van der Waals surface area contributed by atoms with Crippen LogP contribution in [0.1, 0.15) is 33.6 Å². The van der Waals surface area contributed by atoms with Gasteiger partial charge in [0.15, 0.2) is 0 Å². The molecule has 0 bridgehead atoms. The maximum atomic E-state index is 6.09. The first-order valence-corrected chi connectivity index (χ1v) is 4.98. The van der Waals surface area contributed by atoms with Gasteiger partial charge in [0.1, 0.15) is 0 Å². The van der Waals surface area contributed by atoms with Gasteiger partial charge in [-0.2, -0.15) is 0 Å². The molecule has 0 saturated carbocycles. The van der Waals surface area contributed by atoms with Crippen molar-refractivity contribution in [2.75, 3.05) is 6.61 Å². The van der Waals surface area contributed by atoms with E-state index in [-0.39, 0.29) is 0 Å². The van der Waals surface area contributed by atoms with E-state index in [1.807, 2.05) is 0 Å². The fourth-order valence-corrected chi connectivity index (χ4v) is 2.03. The average Bonchev–Trinajstić information content (AvgIpc) is 2.33. The predicted octanol–water partition coefficient (Wildman–Crippen LogP) is 1.78. The van der Waals surface area contributed by atoms with Crippen LogP contribution in [0.4, 0.5) is 0 Å². The highest BCUT2D eigenvalue weighted by Gasteiger charge is 2.29. The molecule has 0 aliphatic carbocycles. The topological polar surface area (TPSA) is 35.2 Å². The van der Waals surface area contributed by atoms with E-state index >= 15 is 0 Å². The summed E-state index contributed by atoms with van der Waals surface area (Å²) >= 11 is 0. The van der Waals surface area contributed by atoms with Crippen molar-refractivity contribution in [2.24, 2.45) is 17.6 Å². The molecule has 0 aromatic carbocycles. The van der Waals surface area contributed by atoms with E-state index in [1.54, 1.807) is 0 Å². The van der Waals surface area contributed by atoms with E-state index in [9.17, 15) is 0 Å². The second-order valence-corrected chi connectivity index (χ2v) is 4.32. The molecule has 2 N–H and O–H groups in total. The average molecular weight is 171 g/mol. The normalized spacial score (nSPS) is 32.8. The van der Waals surface area contributed by atoms with E-state index in [4.69, 9.17) is 10.5 Å². The van der Waals surface area contributed by atoms with Crippen LogP contribution in [0.2, 0.25) is 0 Å². The Balaban J connectivity index is 2.35. The molecule has 3 atom stereocenters. The van der Waals surface area contributed by atoms with Crippen LogP contribution in [-0.2, 0) is 4.74 Å². The van der Waals surface area contributed by atoms with Gasteiger partial charge in [-0.3, -0.25) is 0 Å². The minimum Gasteiger partial charge on any atom is -0.378 e. The van der Waals surface area contributed by atoms with E-state index in [2.05, 4.69) is 20.8 Å². The molecule has 1 heterocycles. The van der Waals surface area contributed by atoms with Crippen molar-refractivity contribution in [3.05, 3.63) is 0 Å². The SMILES string of the molecule is CC(C)CC(N)C1CCOC1C. The molecule has 72 valence electrons. The van der Waals surface area contributed by atoms with E-state index in [1.165, 1.54) is 0 Å². The number of rotatable bonds is 3. The molecule has 0 radical (unpaired) electrons. The molecule has 1 saturated heterocycles. The third-order valence-corrected chi connectivity index (χ3v) is 2.73.